The molecule has 0 aliphatic carbocycles. The molecule has 28 heavy (non-hydrogen) atoms. The molecule has 0 saturated carbocycles. The minimum Gasteiger partial charge on any atom is -0.383 e. The normalized spacial score (nSPS) is 11.0. The van der Waals surface area contributed by atoms with Gasteiger partial charge in [0.25, 0.3) is 0 Å². The van der Waals surface area contributed by atoms with Crippen LogP contribution in [0.25, 0.3) is 0 Å². The Morgan fingerprint density at radius 2 is 2.07 bits per heavy atom. The molecular weight excluding hydrogens is 361 g/mol. The number of benzene rings is 1. The molecule has 154 valence electrons. The van der Waals surface area contributed by atoms with Gasteiger partial charge in [-0.2, -0.15) is 5.10 Å². The largest absolute Gasteiger partial charge is 0.383 e. The van der Waals surface area contributed by atoms with E-state index < -0.39 is 6.03 Å². The lowest BCUT2D eigenvalue weighted by Crippen LogP contribution is -2.29. The molecule has 8 heteroatoms. The summed E-state index contributed by atoms with van der Waals surface area (Å²) in [4.78, 5) is 14.1. The number of nitrogens with zero attached hydrogens (tertiary/aromatic N) is 3. The van der Waals surface area contributed by atoms with Crippen molar-refractivity contribution in [2.75, 3.05) is 31.0 Å². The molecule has 2 amide bonds. The maximum absolute atomic E-state index is 14.3. The van der Waals surface area contributed by atoms with Gasteiger partial charge >= 0.3 is 6.03 Å². The fourth-order valence-corrected chi connectivity index (χ4v) is 2.88. The lowest BCUT2D eigenvalue weighted by atomic mass is 10.2. The van der Waals surface area contributed by atoms with E-state index in [1.54, 1.807) is 19.2 Å². The van der Waals surface area contributed by atoms with E-state index in [0.717, 1.165) is 17.0 Å². The Bertz CT molecular complexity index is 819. The number of rotatable bonds is 8. The van der Waals surface area contributed by atoms with Crippen LogP contribution in [0.2, 0.25) is 0 Å². The summed E-state index contributed by atoms with van der Waals surface area (Å²) in [7, 11) is 3.48. The smallest absolute Gasteiger partial charge is 0.319 e. The molecule has 0 spiro atoms. The highest BCUT2D eigenvalue weighted by atomic mass is 19.1. The summed E-state index contributed by atoms with van der Waals surface area (Å²) in [5.74, 6) is -0.375. The Hall–Kier alpha value is -2.61. The number of methoxy groups -OCH3 is 1. The first-order chi connectivity index (χ1) is 13.2. The topological polar surface area (TPSA) is 71.4 Å². The number of aryl methyl sites for hydroxylation is 1. The molecule has 1 heterocycles. The van der Waals surface area contributed by atoms with Crippen LogP contribution in [0.15, 0.2) is 18.2 Å². The standard InChI is InChI=1S/C20H30FN5O2/c1-13(2)25(5)19-8-7-16(11-18(19)21)23-20(27)22-12-17-14(3)24-26(15(17)4)9-10-28-6/h7-8,11,13H,9-10,12H2,1-6H3,(H2,22,23,27). The van der Waals surface area contributed by atoms with Gasteiger partial charge in [0.1, 0.15) is 5.82 Å². The molecule has 2 N–H and O–H groups in total. The van der Waals surface area contributed by atoms with E-state index in [4.69, 9.17) is 4.74 Å². The molecule has 1 aromatic carbocycles. The monoisotopic (exact) mass is 391 g/mol. The van der Waals surface area contributed by atoms with Gasteiger partial charge in [0.05, 0.1) is 24.5 Å². The van der Waals surface area contributed by atoms with Crippen molar-refractivity contribution in [3.05, 3.63) is 41.0 Å². The van der Waals surface area contributed by atoms with Crippen LogP contribution >= 0.6 is 0 Å². The fourth-order valence-electron chi connectivity index (χ4n) is 2.88. The summed E-state index contributed by atoms with van der Waals surface area (Å²) in [6, 6.07) is 4.46. The number of anilines is 2. The Labute approximate surface area is 165 Å². The summed E-state index contributed by atoms with van der Waals surface area (Å²) in [6.45, 7) is 9.41. The van der Waals surface area contributed by atoms with Gasteiger partial charge in [-0.05, 0) is 45.9 Å². The third-order valence-electron chi connectivity index (χ3n) is 4.82. The second-order valence-corrected chi connectivity index (χ2v) is 7.04. The van der Waals surface area contributed by atoms with Gasteiger partial charge in [0.2, 0.25) is 0 Å². The van der Waals surface area contributed by atoms with E-state index in [2.05, 4.69) is 15.7 Å². The Morgan fingerprint density at radius 1 is 1.36 bits per heavy atom. The number of carbonyl (C=O) groups is 1. The number of ether oxygens (including phenoxy) is 1. The van der Waals surface area contributed by atoms with Crippen molar-refractivity contribution < 1.29 is 13.9 Å². The third kappa shape index (κ3) is 5.22. The van der Waals surface area contributed by atoms with E-state index in [1.165, 1.54) is 6.07 Å². The van der Waals surface area contributed by atoms with Crippen LogP contribution in [-0.2, 0) is 17.8 Å². The Morgan fingerprint density at radius 3 is 2.68 bits per heavy atom. The van der Waals surface area contributed by atoms with Crippen LogP contribution in [0, 0.1) is 19.7 Å². The fraction of sp³-hybridized carbons (Fsp3) is 0.500. The van der Waals surface area contributed by atoms with Crippen molar-refractivity contribution >= 4 is 17.4 Å². The van der Waals surface area contributed by atoms with Crippen LogP contribution in [0.3, 0.4) is 0 Å². The molecule has 0 radical (unpaired) electrons. The number of amides is 2. The number of aromatic nitrogens is 2. The highest BCUT2D eigenvalue weighted by Crippen LogP contribution is 2.23. The predicted octanol–water partition coefficient (Wildman–Crippen LogP) is 3.45. The minimum absolute atomic E-state index is 0.174. The highest BCUT2D eigenvalue weighted by molar-refractivity contribution is 5.89. The molecule has 0 atom stereocenters. The van der Waals surface area contributed by atoms with Crippen LogP contribution in [0.1, 0.15) is 30.8 Å². The number of hydrogen-bond acceptors (Lipinski definition) is 4. The quantitative estimate of drug-likeness (QED) is 0.723. The number of nitrogens with one attached hydrogen (secondary N) is 2. The molecule has 0 aliphatic heterocycles. The van der Waals surface area contributed by atoms with Crippen molar-refractivity contribution in [2.24, 2.45) is 0 Å². The zero-order valence-electron chi connectivity index (χ0n) is 17.5. The zero-order valence-corrected chi connectivity index (χ0v) is 17.5. The molecule has 1 aromatic heterocycles. The number of carbonyl (C=O) groups excluding carboxylic acids is 1. The van der Waals surface area contributed by atoms with E-state index >= 15 is 0 Å². The van der Waals surface area contributed by atoms with Crippen molar-refractivity contribution in [1.82, 2.24) is 15.1 Å². The van der Waals surface area contributed by atoms with Crippen molar-refractivity contribution in [1.29, 1.82) is 0 Å². The molecule has 0 aliphatic rings. The number of halogens is 1. The average Bonchev–Trinajstić information content (AvgIpc) is 2.91. The van der Waals surface area contributed by atoms with Gasteiger partial charge in [-0.3, -0.25) is 4.68 Å². The summed E-state index contributed by atoms with van der Waals surface area (Å²) in [5, 5.41) is 9.95. The van der Waals surface area contributed by atoms with Gasteiger partial charge in [-0.15, -0.1) is 0 Å². The molecule has 0 bridgehead atoms. The maximum Gasteiger partial charge on any atom is 0.319 e. The summed E-state index contributed by atoms with van der Waals surface area (Å²) in [5.41, 5.74) is 3.71. The molecule has 2 rings (SSSR count). The first-order valence-electron chi connectivity index (χ1n) is 9.33. The van der Waals surface area contributed by atoms with Crippen LogP contribution in [0.5, 0.6) is 0 Å². The third-order valence-corrected chi connectivity index (χ3v) is 4.82. The number of urea groups is 1. The van der Waals surface area contributed by atoms with Gasteiger partial charge in [0.15, 0.2) is 0 Å². The molecule has 7 nitrogen and oxygen atoms in total. The van der Waals surface area contributed by atoms with Crippen LogP contribution in [-0.4, -0.2) is 42.6 Å². The zero-order chi connectivity index (χ0) is 20.8. The molecule has 2 aromatic rings. The molecule has 0 fully saturated rings. The second kappa shape index (κ2) is 9.54. The van der Waals surface area contributed by atoms with Crippen LogP contribution in [0.4, 0.5) is 20.6 Å². The summed E-state index contributed by atoms with van der Waals surface area (Å²) in [6.07, 6.45) is 0. The Balaban J connectivity index is 1.98. The predicted molar refractivity (Wildman–Crippen MR) is 109 cm³/mol. The van der Waals surface area contributed by atoms with Crippen molar-refractivity contribution in [3.8, 4) is 0 Å². The van der Waals surface area contributed by atoms with Gasteiger partial charge in [-0.25, -0.2) is 9.18 Å². The first-order valence-corrected chi connectivity index (χ1v) is 9.33. The average molecular weight is 391 g/mol. The minimum atomic E-state index is -0.396. The van der Waals surface area contributed by atoms with Gasteiger partial charge < -0.3 is 20.3 Å². The van der Waals surface area contributed by atoms with Crippen molar-refractivity contribution in [2.45, 2.75) is 46.8 Å². The summed E-state index contributed by atoms with van der Waals surface area (Å²) >= 11 is 0. The van der Waals surface area contributed by atoms with E-state index in [0.29, 0.717) is 31.1 Å². The van der Waals surface area contributed by atoms with E-state index in [9.17, 15) is 9.18 Å². The first kappa shape index (κ1) is 21.7. The van der Waals surface area contributed by atoms with Gasteiger partial charge in [0, 0.05) is 43.7 Å². The Kier molecular flexibility index (Phi) is 7.39. The number of hydrogen-bond donors (Lipinski definition) is 2. The lowest BCUT2D eigenvalue weighted by Gasteiger charge is -2.24. The lowest BCUT2D eigenvalue weighted by molar-refractivity contribution is 0.182. The van der Waals surface area contributed by atoms with E-state index in [1.807, 2.05) is 44.3 Å². The molecular formula is C20H30FN5O2. The maximum atomic E-state index is 14.3. The molecule has 0 saturated heterocycles. The SMILES string of the molecule is COCCn1nc(C)c(CNC(=O)Nc2ccc(N(C)C(C)C)c(F)c2)c1C. The van der Waals surface area contributed by atoms with Gasteiger partial charge in [-0.1, -0.05) is 0 Å². The van der Waals surface area contributed by atoms with Crippen molar-refractivity contribution in [3.63, 3.8) is 0 Å². The molecule has 0 unspecified atom stereocenters. The second-order valence-electron chi connectivity index (χ2n) is 7.04. The highest BCUT2D eigenvalue weighted by Gasteiger charge is 2.14. The summed E-state index contributed by atoms with van der Waals surface area (Å²) < 4.78 is 21.3. The van der Waals surface area contributed by atoms with E-state index in [-0.39, 0.29) is 11.9 Å². The van der Waals surface area contributed by atoms with Crippen LogP contribution < -0.4 is 15.5 Å².